The minimum Gasteiger partial charge on any atom is -0.507 e. The smallest absolute Gasteiger partial charge is 0.129 e. The van der Waals surface area contributed by atoms with Crippen molar-refractivity contribution in [3.05, 3.63) is 28.2 Å². The van der Waals surface area contributed by atoms with Gasteiger partial charge in [0, 0.05) is 12.1 Å². The van der Waals surface area contributed by atoms with Crippen molar-refractivity contribution in [2.75, 3.05) is 0 Å². The molecule has 4 heteroatoms. The van der Waals surface area contributed by atoms with Crippen molar-refractivity contribution in [3.8, 4) is 5.75 Å². The Hall–Kier alpha value is -0.580. The van der Waals surface area contributed by atoms with Crippen LogP contribution in [0.4, 0.5) is 0 Å². The van der Waals surface area contributed by atoms with Gasteiger partial charge in [0.1, 0.15) is 5.75 Å². The van der Waals surface area contributed by atoms with Gasteiger partial charge in [0.05, 0.1) is 10.6 Å². The first kappa shape index (κ1) is 13.5. The van der Waals surface area contributed by atoms with Crippen LogP contribution < -0.4 is 5.32 Å². The number of benzene rings is 1. The predicted molar refractivity (Wildman–Crippen MR) is 68.4 cm³/mol. The first-order valence-corrected chi connectivity index (χ1v) is 6.02. The SMILES string of the molecule is CC(O)C(C)(C)NCc1ccc(O)c(Br)c1. The summed E-state index contributed by atoms with van der Waals surface area (Å²) in [6, 6.07) is 5.36. The summed E-state index contributed by atoms with van der Waals surface area (Å²) in [6.45, 7) is 6.32. The minimum atomic E-state index is -0.423. The van der Waals surface area contributed by atoms with Gasteiger partial charge in [-0.3, -0.25) is 0 Å². The number of nitrogens with one attached hydrogen (secondary N) is 1. The van der Waals surface area contributed by atoms with Crippen molar-refractivity contribution in [1.82, 2.24) is 5.32 Å². The van der Waals surface area contributed by atoms with Crippen LogP contribution in [0.15, 0.2) is 22.7 Å². The molecule has 0 aromatic heterocycles. The maximum Gasteiger partial charge on any atom is 0.129 e. The number of aliphatic hydroxyl groups excluding tert-OH is 1. The fourth-order valence-electron chi connectivity index (χ4n) is 1.14. The molecule has 0 saturated heterocycles. The zero-order valence-corrected chi connectivity index (χ0v) is 11.4. The van der Waals surface area contributed by atoms with Gasteiger partial charge in [-0.1, -0.05) is 6.07 Å². The van der Waals surface area contributed by atoms with E-state index in [0.717, 1.165) is 5.56 Å². The summed E-state index contributed by atoms with van der Waals surface area (Å²) in [5.74, 6) is 0.235. The standard InChI is InChI=1S/C12H18BrNO2/c1-8(15)12(2,3)14-7-9-4-5-11(16)10(13)6-9/h4-6,8,14-16H,7H2,1-3H3. The Balaban J connectivity index is 2.65. The molecule has 0 fully saturated rings. The fourth-order valence-corrected chi connectivity index (χ4v) is 1.56. The second-order valence-corrected chi connectivity index (χ2v) is 5.39. The van der Waals surface area contributed by atoms with E-state index >= 15 is 0 Å². The molecule has 90 valence electrons. The number of phenols is 1. The average molecular weight is 288 g/mol. The highest BCUT2D eigenvalue weighted by molar-refractivity contribution is 9.10. The van der Waals surface area contributed by atoms with Gasteiger partial charge in [-0.05, 0) is 54.4 Å². The van der Waals surface area contributed by atoms with E-state index in [0.29, 0.717) is 11.0 Å². The largest absolute Gasteiger partial charge is 0.507 e. The van der Waals surface area contributed by atoms with Crippen molar-refractivity contribution < 1.29 is 10.2 Å². The Kier molecular flexibility index (Phi) is 4.35. The van der Waals surface area contributed by atoms with Crippen LogP contribution in [0, 0.1) is 0 Å². The number of rotatable bonds is 4. The number of halogens is 1. The van der Waals surface area contributed by atoms with Crippen LogP contribution in [0.5, 0.6) is 5.75 Å². The summed E-state index contributed by atoms with van der Waals surface area (Å²) in [5.41, 5.74) is 0.725. The Labute approximate surface area is 105 Å². The number of hydrogen-bond donors (Lipinski definition) is 3. The molecule has 0 amide bonds. The van der Waals surface area contributed by atoms with Crippen LogP contribution in [-0.4, -0.2) is 21.9 Å². The molecule has 0 heterocycles. The third kappa shape index (κ3) is 3.47. The Morgan fingerprint density at radius 1 is 1.44 bits per heavy atom. The molecule has 0 aliphatic rings. The van der Waals surface area contributed by atoms with E-state index < -0.39 is 6.10 Å². The first-order chi connectivity index (χ1) is 7.33. The molecular weight excluding hydrogens is 270 g/mol. The molecule has 0 aliphatic heterocycles. The van der Waals surface area contributed by atoms with Crippen molar-refractivity contribution in [2.24, 2.45) is 0 Å². The highest BCUT2D eigenvalue weighted by Crippen LogP contribution is 2.24. The van der Waals surface area contributed by atoms with Crippen molar-refractivity contribution in [1.29, 1.82) is 0 Å². The van der Waals surface area contributed by atoms with E-state index in [2.05, 4.69) is 21.2 Å². The Morgan fingerprint density at radius 3 is 2.56 bits per heavy atom. The second kappa shape index (κ2) is 5.17. The zero-order valence-electron chi connectivity index (χ0n) is 9.79. The van der Waals surface area contributed by atoms with Gasteiger partial charge in [-0.15, -0.1) is 0 Å². The van der Waals surface area contributed by atoms with Crippen LogP contribution in [-0.2, 0) is 6.54 Å². The molecule has 0 bridgehead atoms. The van der Waals surface area contributed by atoms with Crippen LogP contribution in [0.25, 0.3) is 0 Å². The fraction of sp³-hybridized carbons (Fsp3) is 0.500. The highest BCUT2D eigenvalue weighted by Gasteiger charge is 2.22. The number of hydrogen-bond acceptors (Lipinski definition) is 3. The lowest BCUT2D eigenvalue weighted by Gasteiger charge is -2.29. The van der Waals surface area contributed by atoms with Crippen LogP contribution >= 0.6 is 15.9 Å². The predicted octanol–water partition coefficient (Wildman–Crippen LogP) is 2.40. The molecule has 3 nitrogen and oxygen atoms in total. The quantitative estimate of drug-likeness (QED) is 0.797. The van der Waals surface area contributed by atoms with E-state index in [-0.39, 0.29) is 11.3 Å². The van der Waals surface area contributed by atoms with E-state index in [1.54, 1.807) is 13.0 Å². The molecule has 3 N–H and O–H groups in total. The zero-order chi connectivity index (χ0) is 12.3. The van der Waals surface area contributed by atoms with E-state index in [1.165, 1.54) is 0 Å². The lowest BCUT2D eigenvalue weighted by atomic mass is 9.98. The van der Waals surface area contributed by atoms with Crippen LogP contribution in [0.1, 0.15) is 26.3 Å². The summed E-state index contributed by atoms with van der Waals surface area (Å²) >= 11 is 3.27. The second-order valence-electron chi connectivity index (χ2n) is 4.54. The average Bonchev–Trinajstić information content (AvgIpc) is 2.20. The molecule has 1 unspecified atom stereocenters. The molecular formula is C12H18BrNO2. The number of phenolic OH excluding ortho intramolecular Hbond substituents is 1. The summed E-state index contributed by atoms with van der Waals surface area (Å²) in [4.78, 5) is 0. The molecule has 1 aromatic rings. The van der Waals surface area contributed by atoms with Crippen LogP contribution in [0.3, 0.4) is 0 Å². The monoisotopic (exact) mass is 287 g/mol. The molecule has 1 aromatic carbocycles. The molecule has 0 spiro atoms. The van der Waals surface area contributed by atoms with Gasteiger partial charge in [0.15, 0.2) is 0 Å². The summed E-state index contributed by atoms with van der Waals surface area (Å²) in [6.07, 6.45) is -0.423. The van der Waals surface area contributed by atoms with Gasteiger partial charge in [-0.25, -0.2) is 0 Å². The molecule has 1 atom stereocenters. The minimum absolute atomic E-state index is 0.235. The van der Waals surface area contributed by atoms with Gasteiger partial charge in [-0.2, -0.15) is 0 Å². The third-order valence-corrected chi connectivity index (χ3v) is 3.44. The topological polar surface area (TPSA) is 52.5 Å². The van der Waals surface area contributed by atoms with Crippen molar-refractivity contribution >= 4 is 15.9 Å². The van der Waals surface area contributed by atoms with Gasteiger partial charge in [0.25, 0.3) is 0 Å². The molecule has 0 radical (unpaired) electrons. The van der Waals surface area contributed by atoms with Crippen molar-refractivity contribution in [2.45, 2.75) is 39.0 Å². The molecule has 1 rings (SSSR count). The van der Waals surface area contributed by atoms with Gasteiger partial charge in [0.2, 0.25) is 0 Å². The number of aromatic hydroxyl groups is 1. The summed E-state index contributed by atoms with van der Waals surface area (Å²) < 4.78 is 0.682. The van der Waals surface area contributed by atoms with Crippen molar-refractivity contribution in [3.63, 3.8) is 0 Å². The van der Waals surface area contributed by atoms with Gasteiger partial charge >= 0.3 is 0 Å². The van der Waals surface area contributed by atoms with Crippen LogP contribution in [0.2, 0.25) is 0 Å². The molecule has 0 aliphatic carbocycles. The molecule has 16 heavy (non-hydrogen) atoms. The maximum atomic E-state index is 9.55. The highest BCUT2D eigenvalue weighted by atomic mass is 79.9. The lowest BCUT2D eigenvalue weighted by Crippen LogP contribution is -2.47. The summed E-state index contributed by atoms with van der Waals surface area (Å²) in [7, 11) is 0. The van der Waals surface area contributed by atoms with Gasteiger partial charge < -0.3 is 15.5 Å². The summed E-state index contributed by atoms with van der Waals surface area (Å²) in [5, 5.41) is 22.2. The van der Waals surface area contributed by atoms with E-state index in [1.807, 2.05) is 26.0 Å². The normalized spacial score (nSPS) is 13.8. The Morgan fingerprint density at radius 2 is 2.06 bits per heavy atom. The van der Waals surface area contributed by atoms with E-state index in [9.17, 15) is 10.2 Å². The first-order valence-electron chi connectivity index (χ1n) is 5.23. The number of aliphatic hydroxyl groups is 1. The third-order valence-electron chi connectivity index (χ3n) is 2.80. The lowest BCUT2D eigenvalue weighted by molar-refractivity contribution is 0.0956. The Bertz CT molecular complexity index is 364. The molecule has 0 saturated carbocycles. The van der Waals surface area contributed by atoms with E-state index in [4.69, 9.17) is 0 Å². The maximum absolute atomic E-state index is 9.55.